The molecule has 0 radical (unpaired) electrons. The van der Waals surface area contributed by atoms with Crippen molar-refractivity contribution in [1.82, 2.24) is 15.1 Å². The lowest BCUT2D eigenvalue weighted by atomic mass is 9.84. The van der Waals surface area contributed by atoms with Gasteiger partial charge in [-0.25, -0.2) is 9.07 Å². The molecular weight excluding hydrogens is 453 g/mol. The van der Waals surface area contributed by atoms with Crippen molar-refractivity contribution >= 4 is 28.4 Å². The number of nitrogens with one attached hydrogen (secondary N) is 1. The highest BCUT2D eigenvalue weighted by atomic mass is 35.5. The van der Waals surface area contributed by atoms with Gasteiger partial charge >= 0.3 is 0 Å². The number of hydrogen-bond donors (Lipinski definition) is 2. The van der Waals surface area contributed by atoms with E-state index < -0.39 is 11.5 Å². The van der Waals surface area contributed by atoms with Gasteiger partial charge in [-0.05, 0) is 53.6 Å². The molecule has 34 heavy (non-hydrogen) atoms. The molecule has 0 aliphatic heterocycles. The summed E-state index contributed by atoms with van der Waals surface area (Å²) in [7, 11) is 0. The van der Waals surface area contributed by atoms with Gasteiger partial charge in [-0.1, -0.05) is 56.6 Å². The molecule has 1 amide bonds. The summed E-state index contributed by atoms with van der Waals surface area (Å²) in [4.78, 5) is 12.8. The Labute approximate surface area is 203 Å². The standard InChI is InChI=1S/C27H27ClFN3O2/c1-27(2,3)26(34)31-23(16-33)25(21-6-4-5-7-22(21)28)17-8-13-24-18(14-17)15-30-32(24)20-11-9-19(29)10-12-20/h4-15,23,25,33H,16H2,1-3H3,(H,31,34). The number of aliphatic hydroxyl groups excluding tert-OH is 1. The highest BCUT2D eigenvalue weighted by Crippen LogP contribution is 2.35. The third-order valence-corrected chi connectivity index (χ3v) is 6.20. The summed E-state index contributed by atoms with van der Waals surface area (Å²) in [5.74, 6) is -0.852. The average Bonchev–Trinajstić information content (AvgIpc) is 3.23. The zero-order valence-corrected chi connectivity index (χ0v) is 20.1. The van der Waals surface area contributed by atoms with Gasteiger partial charge in [0.25, 0.3) is 0 Å². The molecule has 3 aromatic carbocycles. The van der Waals surface area contributed by atoms with Gasteiger partial charge in [0.15, 0.2) is 0 Å². The lowest BCUT2D eigenvalue weighted by Crippen LogP contribution is -2.46. The first-order valence-electron chi connectivity index (χ1n) is 11.1. The summed E-state index contributed by atoms with van der Waals surface area (Å²) < 4.78 is 15.1. The van der Waals surface area contributed by atoms with E-state index in [-0.39, 0.29) is 24.2 Å². The third kappa shape index (κ3) is 4.83. The molecule has 0 bridgehead atoms. The van der Waals surface area contributed by atoms with Gasteiger partial charge in [0, 0.05) is 21.7 Å². The minimum Gasteiger partial charge on any atom is -0.394 e. The molecule has 0 spiro atoms. The van der Waals surface area contributed by atoms with Crippen molar-refractivity contribution in [1.29, 1.82) is 0 Å². The molecule has 0 aliphatic carbocycles. The molecule has 176 valence electrons. The Morgan fingerprint density at radius 2 is 1.82 bits per heavy atom. The maximum atomic E-state index is 13.4. The van der Waals surface area contributed by atoms with Crippen LogP contribution in [0.1, 0.15) is 37.8 Å². The van der Waals surface area contributed by atoms with Crippen LogP contribution in [-0.4, -0.2) is 33.4 Å². The summed E-state index contributed by atoms with van der Waals surface area (Å²) in [6.45, 7) is 5.23. The summed E-state index contributed by atoms with van der Waals surface area (Å²) in [6, 6.07) is 18.9. The Hall–Kier alpha value is -3.22. The lowest BCUT2D eigenvalue weighted by Gasteiger charge is -2.31. The number of carbonyl (C=O) groups is 1. The number of rotatable bonds is 6. The van der Waals surface area contributed by atoms with Crippen LogP contribution in [0.5, 0.6) is 0 Å². The fraction of sp³-hybridized carbons (Fsp3) is 0.259. The fourth-order valence-corrected chi connectivity index (χ4v) is 4.26. The number of carbonyl (C=O) groups excluding carboxylic acids is 1. The van der Waals surface area contributed by atoms with E-state index in [2.05, 4.69) is 10.4 Å². The zero-order chi connectivity index (χ0) is 24.5. The van der Waals surface area contributed by atoms with Crippen LogP contribution in [0.15, 0.2) is 72.9 Å². The van der Waals surface area contributed by atoms with Gasteiger partial charge in [-0.3, -0.25) is 4.79 Å². The van der Waals surface area contributed by atoms with Crippen molar-refractivity contribution in [3.63, 3.8) is 0 Å². The molecule has 0 aliphatic rings. The minimum atomic E-state index is -0.612. The predicted octanol–water partition coefficient (Wildman–Crippen LogP) is 5.47. The maximum absolute atomic E-state index is 13.4. The SMILES string of the molecule is CC(C)(C)C(=O)NC(CO)C(c1ccc2c(cnn2-c2ccc(F)cc2)c1)c1ccccc1Cl. The Balaban J connectivity index is 1.79. The largest absolute Gasteiger partial charge is 0.394 e. The van der Waals surface area contributed by atoms with E-state index in [4.69, 9.17) is 11.6 Å². The van der Waals surface area contributed by atoms with E-state index in [9.17, 15) is 14.3 Å². The second-order valence-corrected chi connectivity index (χ2v) is 9.77. The topological polar surface area (TPSA) is 67.2 Å². The fourth-order valence-electron chi connectivity index (χ4n) is 4.01. The number of fused-ring (bicyclic) bond motifs is 1. The highest BCUT2D eigenvalue weighted by Gasteiger charge is 2.31. The molecule has 0 saturated carbocycles. The molecule has 1 heterocycles. The number of hydrogen-bond acceptors (Lipinski definition) is 3. The van der Waals surface area contributed by atoms with Gasteiger partial charge in [-0.2, -0.15) is 5.10 Å². The molecule has 2 N–H and O–H groups in total. The number of halogens is 2. The van der Waals surface area contributed by atoms with Crippen LogP contribution in [0.25, 0.3) is 16.6 Å². The average molecular weight is 480 g/mol. The molecular formula is C27H27ClFN3O2. The van der Waals surface area contributed by atoms with Crippen LogP contribution in [0, 0.1) is 11.2 Å². The first kappa shape index (κ1) is 23.9. The van der Waals surface area contributed by atoms with Crippen molar-refractivity contribution in [2.24, 2.45) is 5.41 Å². The monoisotopic (exact) mass is 479 g/mol. The van der Waals surface area contributed by atoms with Gasteiger partial charge in [0.2, 0.25) is 5.91 Å². The van der Waals surface area contributed by atoms with E-state index in [1.807, 2.05) is 57.2 Å². The summed E-state index contributed by atoms with van der Waals surface area (Å²) in [5.41, 5.74) is 2.68. The number of benzene rings is 3. The Kier molecular flexibility index (Phi) is 6.73. The van der Waals surface area contributed by atoms with Crippen molar-refractivity contribution < 1.29 is 14.3 Å². The third-order valence-electron chi connectivity index (χ3n) is 5.86. The minimum absolute atomic E-state index is 0.159. The Bertz CT molecular complexity index is 1310. The molecule has 2 atom stereocenters. The van der Waals surface area contributed by atoms with Crippen LogP contribution < -0.4 is 5.32 Å². The van der Waals surface area contributed by atoms with Gasteiger partial charge in [-0.15, -0.1) is 0 Å². The van der Waals surface area contributed by atoms with Crippen molar-refractivity contribution in [3.8, 4) is 5.69 Å². The molecule has 7 heteroatoms. The number of nitrogens with zero attached hydrogens (tertiary/aromatic N) is 2. The molecule has 4 aromatic rings. The first-order valence-corrected chi connectivity index (χ1v) is 11.5. The lowest BCUT2D eigenvalue weighted by molar-refractivity contribution is -0.129. The molecule has 1 aromatic heterocycles. The van der Waals surface area contributed by atoms with Gasteiger partial charge in [0.05, 0.1) is 30.0 Å². The van der Waals surface area contributed by atoms with Gasteiger partial charge in [0.1, 0.15) is 5.82 Å². The summed E-state index contributed by atoms with van der Waals surface area (Å²) >= 11 is 6.57. The smallest absolute Gasteiger partial charge is 0.225 e. The van der Waals surface area contributed by atoms with Crippen LogP contribution in [0.2, 0.25) is 5.02 Å². The van der Waals surface area contributed by atoms with Crippen LogP contribution >= 0.6 is 11.6 Å². The van der Waals surface area contributed by atoms with E-state index >= 15 is 0 Å². The van der Waals surface area contributed by atoms with Gasteiger partial charge < -0.3 is 10.4 Å². The normalized spacial score (nSPS) is 13.6. The molecule has 4 rings (SSSR count). The summed E-state index contributed by atoms with van der Waals surface area (Å²) in [5, 5.41) is 19.2. The Morgan fingerprint density at radius 1 is 1.12 bits per heavy atom. The van der Waals surface area contributed by atoms with Crippen LogP contribution in [0.4, 0.5) is 4.39 Å². The number of aromatic nitrogens is 2. The molecule has 5 nitrogen and oxygen atoms in total. The van der Waals surface area contributed by atoms with E-state index in [1.165, 1.54) is 12.1 Å². The van der Waals surface area contributed by atoms with Crippen molar-refractivity contribution in [2.75, 3.05) is 6.61 Å². The molecule has 0 saturated heterocycles. The second-order valence-electron chi connectivity index (χ2n) is 9.36. The van der Waals surface area contributed by atoms with E-state index in [0.29, 0.717) is 5.02 Å². The second kappa shape index (κ2) is 9.57. The van der Waals surface area contributed by atoms with Crippen molar-refractivity contribution in [3.05, 3.63) is 94.9 Å². The summed E-state index contributed by atoms with van der Waals surface area (Å²) in [6.07, 6.45) is 1.74. The van der Waals surface area contributed by atoms with E-state index in [0.717, 1.165) is 27.7 Å². The quantitative estimate of drug-likeness (QED) is 0.385. The first-order chi connectivity index (χ1) is 16.2. The maximum Gasteiger partial charge on any atom is 0.225 e. The van der Waals surface area contributed by atoms with E-state index in [1.54, 1.807) is 29.1 Å². The predicted molar refractivity (Wildman–Crippen MR) is 133 cm³/mol. The molecule has 2 unspecified atom stereocenters. The Morgan fingerprint density at radius 3 is 2.47 bits per heavy atom. The van der Waals surface area contributed by atoms with Crippen LogP contribution in [0.3, 0.4) is 0 Å². The number of amides is 1. The zero-order valence-electron chi connectivity index (χ0n) is 19.3. The van der Waals surface area contributed by atoms with Crippen molar-refractivity contribution in [2.45, 2.75) is 32.7 Å². The molecule has 0 fully saturated rings. The number of aliphatic hydroxyl groups is 1. The highest BCUT2D eigenvalue weighted by molar-refractivity contribution is 6.31. The van der Waals surface area contributed by atoms with Crippen LogP contribution in [-0.2, 0) is 4.79 Å².